The Balaban J connectivity index is 1.59. The van der Waals surface area contributed by atoms with Crippen molar-refractivity contribution in [2.45, 2.75) is 43.2 Å². The van der Waals surface area contributed by atoms with Gasteiger partial charge in [0.25, 0.3) is 0 Å². The van der Waals surface area contributed by atoms with E-state index in [1.54, 1.807) is 0 Å². The summed E-state index contributed by atoms with van der Waals surface area (Å²) in [5, 5.41) is 13.2. The van der Waals surface area contributed by atoms with Gasteiger partial charge in [-0.3, -0.25) is 0 Å². The SMILES string of the molecule is N#CC1(c2ccccc2)CC(NC2CCOCC2)C1. The Labute approximate surface area is 114 Å². The van der Waals surface area contributed by atoms with E-state index in [0.29, 0.717) is 12.1 Å². The van der Waals surface area contributed by atoms with Gasteiger partial charge in [-0.1, -0.05) is 30.3 Å². The van der Waals surface area contributed by atoms with E-state index in [4.69, 9.17) is 4.74 Å². The molecule has 2 aliphatic rings. The molecule has 0 spiro atoms. The molecule has 19 heavy (non-hydrogen) atoms. The second kappa shape index (κ2) is 5.32. The average molecular weight is 256 g/mol. The fourth-order valence-corrected chi connectivity index (χ4v) is 3.25. The molecule has 0 amide bonds. The van der Waals surface area contributed by atoms with E-state index in [1.165, 1.54) is 5.56 Å². The standard InChI is InChI=1S/C16H20N2O/c17-12-16(13-4-2-1-3-5-13)10-15(11-16)18-14-6-8-19-9-7-14/h1-5,14-15,18H,6-11H2. The minimum Gasteiger partial charge on any atom is -0.381 e. The number of ether oxygens (including phenoxy) is 1. The molecule has 1 aromatic rings. The second-order valence-electron chi connectivity index (χ2n) is 5.72. The van der Waals surface area contributed by atoms with Crippen LogP contribution in [0.25, 0.3) is 0 Å². The number of hydrogen-bond donors (Lipinski definition) is 1. The molecular weight excluding hydrogens is 236 g/mol. The van der Waals surface area contributed by atoms with Crippen molar-refractivity contribution in [2.24, 2.45) is 0 Å². The monoisotopic (exact) mass is 256 g/mol. The van der Waals surface area contributed by atoms with Crippen LogP contribution in [-0.4, -0.2) is 25.3 Å². The van der Waals surface area contributed by atoms with Crippen molar-refractivity contribution in [3.05, 3.63) is 35.9 Å². The largest absolute Gasteiger partial charge is 0.381 e. The lowest BCUT2D eigenvalue weighted by Crippen LogP contribution is -2.54. The van der Waals surface area contributed by atoms with Gasteiger partial charge in [0.05, 0.1) is 11.5 Å². The summed E-state index contributed by atoms with van der Waals surface area (Å²) < 4.78 is 5.37. The highest BCUT2D eigenvalue weighted by Crippen LogP contribution is 2.43. The van der Waals surface area contributed by atoms with Gasteiger partial charge in [-0.2, -0.15) is 5.26 Å². The summed E-state index contributed by atoms with van der Waals surface area (Å²) in [6, 6.07) is 13.8. The van der Waals surface area contributed by atoms with Crippen LogP contribution in [0.1, 0.15) is 31.2 Å². The summed E-state index contributed by atoms with van der Waals surface area (Å²) in [5.74, 6) is 0. The van der Waals surface area contributed by atoms with Gasteiger partial charge >= 0.3 is 0 Å². The van der Waals surface area contributed by atoms with Gasteiger partial charge in [-0.05, 0) is 31.2 Å². The summed E-state index contributed by atoms with van der Waals surface area (Å²) in [6.45, 7) is 1.74. The van der Waals surface area contributed by atoms with Gasteiger partial charge in [0.1, 0.15) is 0 Å². The van der Waals surface area contributed by atoms with Crippen molar-refractivity contribution >= 4 is 0 Å². The predicted octanol–water partition coefficient (Wildman–Crippen LogP) is 2.38. The summed E-state index contributed by atoms with van der Waals surface area (Å²) in [5.41, 5.74) is 0.909. The first-order chi connectivity index (χ1) is 9.32. The number of nitriles is 1. The molecule has 1 aliphatic carbocycles. The highest BCUT2D eigenvalue weighted by molar-refractivity contribution is 5.36. The van der Waals surface area contributed by atoms with Crippen LogP contribution < -0.4 is 5.32 Å². The first-order valence-corrected chi connectivity index (χ1v) is 7.13. The Kier molecular flexibility index (Phi) is 3.54. The van der Waals surface area contributed by atoms with E-state index >= 15 is 0 Å². The van der Waals surface area contributed by atoms with Crippen LogP contribution in [0.2, 0.25) is 0 Å². The van der Waals surface area contributed by atoms with Crippen molar-refractivity contribution in [3.63, 3.8) is 0 Å². The Morgan fingerprint density at radius 2 is 1.79 bits per heavy atom. The number of hydrogen-bond acceptors (Lipinski definition) is 3. The van der Waals surface area contributed by atoms with Gasteiger partial charge in [0.2, 0.25) is 0 Å². The lowest BCUT2D eigenvalue weighted by Gasteiger charge is -2.45. The van der Waals surface area contributed by atoms with Gasteiger partial charge in [-0.25, -0.2) is 0 Å². The molecule has 2 fully saturated rings. The third-order valence-electron chi connectivity index (χ3n) is 4.42. The van der Waals surface area contributed by atoms with Crippen LogP contribution in [0.5, 0.6) is 0 Å². The molecule has 1 N–H and O–H groups in total. The molecule has 0 radical (unpaired) electrons. The van der Waals surface area contributed by atoms with Gasteiger partial charge in [0, 0.05) is 25.3 Å². The minimum absolute atomic E-state index is 0.260. The van der Waals surface area contributed by atoms with Crippen molar-refractivity contribution in [3.8, 4) is 6.07 Å². The minimum atomic E-state index is -0.260. The lowest BCUT2D eigenvalue weighted by atomic mass is 9.62. The highest BCUT2D eigenvalue weighted by atomic mass is 16.5. The molecule has 0 aromatic heterocycles. The predicted molar refractivity (Wildman–Crippen MR) is 73.7 cm³/mol. The fourth-order valence-electron chi connectivity index (χ4n) is 3.25. The molecule has 0 unspecified atom stereocenters. The third kappa shape index (κ3) is 2.51. The van der Waals surface area contributed by atoms with Gasteiger partial charge in [-0.15, -0.1) is 0 Å². The van der Waals surface area contributed by atoms with E-state index in [0.717, 1.165) is 38.9 Å². The number of nitrogens with zero attached hydrogens (tertiary/aromatic N) is 1. The third-order valence-corrected chi connectivity index (χ3v) is 4.42. The number of rotatable bonds is 3. The summed E-state index contributed by atoms with van der Waals surface area (Å²) >= 11 is 0. The molecule has 1 saturated heterocycles. The summed E-state index contributed by atoms with van der Waals surface area (Å²) in [7, 11) is 0. The molecule has 3 heteroatoms. The first-order valence-electron chi connectivity index (χ1n) is 7.13. The zero-order valence-electron chi connectivity index (χ0n) is 11.1. The van der Waals surface area contributed by atoms with Gasteiger partial charge in [0.15, 0.2) is 0 Å². The zero-order valence-corrected chi connectivity index (χ0v) is 11.1. The highest BCUT2D eigenvalue weighted by Gasteiger charge is 2.46. The number of nitrogens with one attached hydrogen (secondary N) is 1. The normalized spacial score (nSPS) is 31.4. The van der Waals surface area contributed by atoms with E-state index in [-0.39, 0.29) is 5.41 Å². The molecule has 1 saturated carbocycles. The van der Waals surface area contributed by atoms with Crippen LogP contribution in [0.15, 0.2) is 30.3 Å². The van der Waals surface area contributed by atoms with E-state index < -0.39 is 0 Å². The Morgan fingerprint density at radius 3 is 2.42 bits per heavy atom. The van der Waals surface area contributed by atoms with E-state index in [2.05, 4.69) is 23.5 Å². The maximum Gasteiger partial charge on any atom is 0.0852 e. The fraction of sp³-hybridized carbons (Fsp3) is 0.562. The molecule has 0 atom stereocenters. The maximum atomic E-state index is 9.52. The van der Waals surface area contributed by atoms with Crippen LogP contribution in [-0.2, 0) is 10.2 Å². The summed E-state index contributed by atoms with van der Waals surface area (Å²) in [6.07, 6.45) is 4.07. The molecule has 1 aliphatic heterocycles. The van der Waals surface area contributed by atoms with Crippen LogP contribution in [0.3, 0.4) is 0 Å². The molecular formula is C16H20N2O. The molecule has 1 aromatic carbocycles. The Morgan fingerprint density at radius 1 is 1.11 bits per heavy atom. The quantitative estimate of drug-likeness (QED) is 0.903. The Bertz CT molecular complexity index is 453. The van der Waals surface area contributed by atoms with Crippen molar-refractivity contribution in [1.29, 1.82) is 5.26 Å². The Hall–Kier alpha value is -1.37. The van der Waals surface area contributed by atoms with E-state index in [1.807, 2.05) is 18.2 Å². The van der Waals surface area contributed by atoms with E-state index in [9.17, 15) is 5.26 Å². The van der Waals surface area contributed by atoms with Crippen molar-refractivity contribution in [1.82, 2.24) is 5.32 Å². The summed E-state index contributed by atoms with van der Waals surface area (Å²) in [4.78, 5) is 0. The first kappa shape index (κ1) is 12.7. The topological polar surface area (TPSA) is 45.0 Å². The molecule has 1 heterocycles. The molecule has 3 nitrogen and oxygen atoms in total. The lowest BCUT2D eigenvalue weighted by molar-refractivity contribution is 0.0667. The smallest absolute Gasteiger partial charge is 0.0852 e. The van der Waals surface area contributed by atoms with Gasteiger partial charge < -0.3 is 10.1 Å². The zero-order chi connectivity index (χ0) is 13.1. The molecule has 100 valence electrons. The van der Waals surface area contributed by atoms with Crippen molar-refractivity contribution in [2.75, 3.05) is 13.2 Å². The maximum absolute atomic E-state index is 9.52. The average Bonchev–Trinajstić information content (AvgIpc) is 2.44. The van der Waals surface area contributed by atoms with Crippen LogP contribution >= 0.6 is 0 Å². The van der Waals surface area contributed by atoms with Crippen molar-refractivity contribution < 1.29 is 4.74 Å². The van der Waals surface area contributed by atoms with Crippen LogP contribution in [0.4, 0.5) is 0 Å². The molecule has 3 rings (SSSR count). The van der Waals surface area contributed by atoms with Crippen LogP contribution in [0, 0.1) is 11.3 Å². The molecule has 0 bridgehead atoms. The second-order valence-corrected chi connectivity index (χ2v) is 5.72. The number of benzene rings is 1.